The molecule has 1 N–H and O–H groups in total. The molecule has 0 aromatic heterocycles. The molecule has 1 atom stereocenters. The number of rotatable bonds is 7. The van der Waals surface area contributed by atoms with Gasteiger partial charge in [-0.2, -0.15) is 12.7 Å². The number of nitrogens with one attached hydrogen (secondary N) is 1. The first-order valence-electron chi connectivity index (χ1n) is 6.94. The van der Waals surface area contributed by atoms with E-state index in [2.05, 4.69) is 11.3 Å². The first kappa shape index (κ1) is 18.6. The predicted octanol–water partition coefficient (Wildman–Crippen LogP) is -0.176. The molecule has 1 rings (SSSR count). The molecule has 8 nitrogen and oxygen atoms in total. The third-order valence-corrected chi connectivity index (χ3v) is 4.90. The topological polar surface area (TPSA) is 102 Å². The van der Waals surface area contributed by atoms with E-state index in [1.807, 2.05) is 4.72 Å². The highest BCUT2D eigenvalue weighted by atomic mass is 32.2. The molecule has 22 heavy (non-hydrogen) atoms. The smallest absolute Gasteiger partial charge is 0.308 e. The van der Waals surface area contributed by atoms with E-state index in [4.69, 9.17) is 4.74 Å². The van der Waals surface area contributed by atoms with Gasteiger partial charge < -0.3 is 9.47 Å². The highest BCUT2D eigenvalue weighted by molar-refractivity contribution is 7.87. The monoisotopic (exact) mass is 334 g/mol. The van der Waals surface area contributed by atoms with Crippen LogP contribution in [0.1, 0.15) is 19.8 Å². The standard InChI is InChI=1S/C13H22N2O6S/c1-4-9-21-10(2)12(16)14-22(18,19)15-7-5-11(6-8-15)13(17)20-3/h4,10-11H,1,5-9H2,2-3H3,(H,14,16). The summed E-state index contributed by atoms with van der Waals surface area (Å²) in [6.07, 6.45) is 1.30. The fourth-order valence-corrected chi connectivity index (χ4v) is 3.30. The van der Waals surface area contributed by atoms with Crippen LogP contribution >= 0.6 is 0 Å². The average Bonchev–Trinajstić information content (AvgIpc) is 2.51. The van der Waals surface area contributed by atoms with E-state index in [-0.39, 0.29) is 31.6 Å². The van der Waals surface area contributed by atoms with Crippen LogP contribution in [0.25, 0.3) is 0 Å². The average molecular weight is 334 g/mol. The Morgan fingerprint density at radius 1 is 1.41 bits per heavy atom. The van der Waals surface area contributed by atoms with Gasteiger partial charge in [0.25, 0.3) is 5.91 Å². The van der Waals surface area contributed by atoms with Crippen molar-refractivity contribution in [1.29, 1.82) is 0 Å². The summed E-state index contributed by atoms with van der Waals surface area (Å²) in [7, 11) is -2.63. The Morgan fingerprint density at radius 2 is 2.00 bits per heavy atom. The molecule has 9 heteroatoms. The molecule has 0 aromatic rings. The molecule has 1 saturated heterocycles. The minimum absolute atomic E-state index is 0.152. The molecular weight excluding hydrogens is 312 g/mol. The van der Waals surface area contributed by atoms with Gasteiger partial charge in [0, 0.05) is 13.1 Å². The normalized spacial score (nSPS) is 18.5. The van der Waals surface area contributed by atoms with Gasteiger partial charge in [-0.25, -0.2) is 4.72 Å². The third-order valence-electron chi connectivity index (χ3n) is 3.39. The van der Waals surface area contributed by atoms with Crippen molar-refractivity contribution in [2.75, 3.05) is 26.8 Å². The second kappa shape index (κ2) is 8.25. The Balaban J connectivity index is 2.55. The van der Waals surface area contributed by atoms with E-state index in [1.165, 1.54) is 20.1 Å². The highest BCUT2D eigenvalue weighted by Crippen LogP contribution is 2.20. The van der Waals surface area contributed by atoms with Crippen LogP contribution in [-0.4, -0.2) is 57.5 Å². The lowest BCUT2D eigenvalue weighted by Gasteiger charge is -2.29. The lowest BCUT2D eigenvalue weighted by molar-refractivity contribution is -0.146. The van der Waals surface area contributed by atoms with Crippen LogP contribution in [-0.2, 0) is 29.3 Å². The SMILES string of the molecule is C=CCOC(C)C(=O)NS(=O)(=O)N1CCC(C(=O)OC)CC1. The van der Waals surface area contributed by atoms with Crippen LogP contribution in [0, 0.1) is 5.92 Å². The van der Waals surface area contributed by atoms with E-state index >= 15 is 0 Å². The Morgan fingerprint density at radius 3 is 2.50 bits per heavy atom. The van der Waals surface area contributed by atoms with Gasteiger partial charge in [0.1, 0.15) is 6.10 Å². The molecule has 1 aliphatic rings. The maximum absolute atomic E-state index is 12.1. The van der Waals surface area contributed by atoms with Crippen LogP contribution in [0.15, 0.2) is 12.7 Å². The molecule has 0 radical (unpaired) electrons. The predicted molar refractivity (Wildman–Crippen MR) is 79.0 cm³/mol. The maximum atomic E-state index is 12.1. The second-order valence-electron chi connectivity index (χ2n) is 4.93. The van der Waals surface area contributed by atoms with Gasteiger partial charge in [0.05, 0.1) is 19.6 Å². The Labute approximate surface area is 130 Å². The number of hydrogen-bond donors (Lipinski definition) is 1. The van der Waals surface area contributed by atoms with E-state index in [1.54, 1.807) is 0 Å². The van der Waals surface area contributed by atoms with Crippen molar-refractivity contribution in [1.82, 2.24) is 9.03 Å². The number of carbonyl (C=O) groups is 2. The molecule has 0 saturated carbocycles. The molecule has 1 aliphatic heterocycles. The Bertz CT molecular complexity index is 511. The fraction of sp³-hybridized carbons (Fsp3) is 0.692. The fourth-order valence-electron chi connectivity index (χ4n) is 2.06. The summed E-state index contributed by atoms with van der Waals surface area (Å²) in [5.41, 5.74) is 0. The van der Waals surface area contributed by atoms with Crippen molar-refractivity contribution < 1.29 is 27.5 Å². The molecule has 0 aromatic carbocycles. The van der Waals surface area contributed by atoms with E-state index in [9.17, 15) is 18.0 Å². The zero-order valence-electron chi connectivity index (χ0n) is 12.8. The summed E-state index contributed by atoms with van der Waals surface area (Å²) >= 11 is 0. The minimum atomic E-state index is -3.93. The zero-order valence-corrected chi connectivity index (χ0v) is 13.6. The van der Waals surface area contributed by atoms with Gasteiger partial charge in [0.15, 0.2) is 0 Å². The minimum Gasteiger partial charge on any atom is -0.469 e. The number of methoxy groups -OCH3 is 1. The largest absolute Gasteiger partial charge is 0.469 e. The van der Waals surface area contributed by atoms with Crippen LogP contribution in [0.4, 0.5) is 0 Å². The third kappa shape index (κ3) is 5.08. The lowest BCUT2D eigenvalue weighted by Crippen LogP contribution is -2.49. The van der Waals surface area contributed by atoms with Crippen LogP contribution in [0.2, 0.25) is 0 Å². The van der Waals surface area contributed by atoms with Crippen LogP contribution in [0.5, 0.6) is 0 Å². The first-order chi connectivity index (χ1) is 10.3. The quantitative estimate of drug-likeness (QED) is 0.512. The van der Waals surface area contributed by atoms with Gasteiger partial charge in [0.2, 0.25) is 0 Å². The van der Waals surface area contributed by atoms with Gasteiger partial charge in [-0.1, -0.05) is 6.08 Å². The zero-order chi connectivity index (χ0) is 16.8. The Kier molecular flexibility index (Phi) is 6.98. The number of amides is 1. The number of hydrogen-bond acceptors (Lipinski definition) is 6. The molecule has 0 aliphatic carbocycles. The van der Waals surface area contributed by atoms with Crippen LogP contribution < -0.4 is 4.72 Å². The van der Waals surface area contributed by atoms with Gasteiger partial charge >= 0.3 is 16.2 Å². The van der Waals surface area contributed by atoms with Gasteiger partial charge in [-0.05, 0) is 19.8 Å². The molecule has 1 heterocycles. The highest BCUT2D eigenvalue weighted by Gasteiger charge is 2.33. The van der Waals surface area contributed by atoms with Crippen molar-refractivity contribution in [3.8, 4) is 0 Å². The second-order valence-corrected chi connectivity index (χ2v) is 6.60. The van der Waals surface area contributed by atoms with Crippen LogP contribution in [0.3, 0.4) is 0 Å². The number of carbonyl (C=O) groups excluding carboxylic acids is 2. The first-order valence-corrected chi connectivity index (χ1v) is 8.38. The molecular formula is C13H22N2O6S. The lowest BCUT2D eigenvalue weighted by atomic mass is 9.99. The van der Waals surface area contributed by atoms with Crippen molar-refractivity contribution >= 4 is 22.1 Å². The number of ether oxygens (including phenoxy) is 2. The van der Waals surface area contributed by atoms with E-state index < -0.39 is 22.2 Å². The Hall–Kier alpha value is -1.45. The number of esters is 1. The summed E-state index contributed by atoms with van der Waals surface area (Å²) < 4.78 is 37.1. The van der Waals surface area contributed by atoms with Crippen molar-refractivity contribution in [3.63, 3.8) is 0 Å². The summed E-state index contributed by atoms with van der Waals surface area (Å²) in [6, 6.07) is 0. The molecule has 126 valence electrons. The summed E-state index contributed by atoms with van der Waals surface area (Å²) in [5, 5.41) is 0. The molecule has 1 amide bonds. The van der Waals surface area contributed by atoms with Gasteiger partial charge in [-0.15, -0.1) is 6.58 Å². The van der Waals surface area contributed by atoms with Crippen molar-refractivity contribution in [3.05, 3.63) is 12.7 Å². The van der Waals surface area contributed by atoms with E-state index in [0.29, 0.717) is 12.8 Å². The molecule has 0 bridgehead atoms. The van der Waals surface area contributed by atoms with E-state index in [0.717, 1.165) is 4.31 Å². The van der Waals surface area contributed by atoms with Crippen molar-refractivity contribution in [2.24, 2.45) is 5.92 Å². The number of nitrogens with zero attached hydrogens (tertiary/aromatic N) is 1. The summed E-state index contributed by atoms with van der Waals surface area (Å²) in [4.78, 5) is 23.2. The summed E-state index contributed by atoms with van der Waals surface area (Å²) in [5.74, 6) is -1.38. The van der Waals surface area contributed by atoms with Crippen molar-refractivity contribution in [2.45, 2.75) is 25.9 Å². The summed E-state index contributed by atoms with van der Waals surface area (Å²) in [6.45, 7) is 5.37. The molecule has 1 fully saturated rings. The van der Waals surface area contributed by atoms with Gasteiger partial charge in [-0.3, -0.25) is 9.59 Å². The maximum Gasteiger partial charge on any atom is 0.308 e. The molecule has 1 unspecified atom stereocenters. The number of piperidine rings is 1. The molecule has 0 spiro atoms.